The van der Waals surface area contributed by atoms with Crippen LogP contribution in [0.2, 0.25) is 0 Å². The van der Waals surface area contributed by atoms with E-state index in [0.717, 1.165) is 31.5 Å². The SMILES string of the molecule is C=CC(=O)N1CC2(CC(Oc3ncnc(N)c3-c3ccc(Oc4ccc(N)cc4)cc3)C2)C1. The van der Waals surface area contributed by atoms with E-state index in [1.165, 1.54) is 12.4 Å². The summed E-state index contributed by atoms with van der Waals surface area (Å²) < 4.78 is 12.1. The lowest BCUT2D eigenvalue weighted by molar-refractivity contribution is -0.155. The summed E-state index contributed by atoms with van der Waals surface area (Å²) in [5, 5.41) is 0. The zero-order valence-electron chi connectivity index (χ0n) is 18.1. The Labute approximate surface area is 191 Å². The quantitative estimate of drug-likeness (QED) is 0.441. The molecule has 8 nitrogen and oxygen atoms in total. The van der Waals surface area contributed by atoms with Crippen molar-refractivity contribution in [1.29, 1.82) is 0 Å². The molecule has 1 amide bonds. The molecule has 0 radical (unpaired) electrons. The van der Waals surface area contributed by atoms with Crippen molar-refractivity contribution in [2.45, 2.75) is 18.9 Å². The van der Waals surface area contributed by atoms with E-state index in [1.807, 2.05) is 41.3 Å². The average molecular weight is 444 g/mol. The lowest BCUT2D eigenvalue weighted by Gasteiger charge is -2.58. The number of rotatable bonds is 6. The molecule has 2 fully saturated rings. The van der Waals surface area contributed by atoms with Gasteiger partial charge < -0.3 is 25.8 Å². The van der Waals surface area contributed by atoms with E-state index in [2.05, 4.69) is 16.5 Å². The minimum Gasteiger partial charge on any atom is -0.474 e. The summed E-state index contributed by atoms with van der Waals surface area (Å²) in [6.07, 6.45) is 4.57. The number of carbonyl (C=O) groups excluding carboxylic acids is 1. The fourth-order valence-corrected chi connectivity index (χ4v) is 4.56. The zero-order valence-corrected chi connectivity index (χ0v) is 18.1. The highest BCUT2D eigenvalue weighted by Crippen LogP contribution is 2.50. The third kappa shape index (κ3) is 4.07. The number of nitrogen functional groups attached to an aromatic ring is 2. The summed E-state index contributed by atoms with van der Waals surface area (Å²) in [6, 6.07) is 14.7. The van der Waals surface area contributed by atoms with Crippen LogP contribution in [-0.4, -0.2) is 40.0 Å². The third-order valence-electron chi connectivity index (χ3n) is 6.24. The number of carbonyl (C=O) groups is 1. The van der Waals surface area contributed by atoms with Crippen molar-refractivity contribution in [3.05, 3.63) is 67.5 Å². The minimum atomic E-state index is -0.0142. The summed E-state index contributed by atoms with van der Waals surface area (Å²) >= 11 is 0. The molecule has 5 rings (SSSR count). The van der Waals surface area contributed by atoms with Gasteiger partial charge in [-0.1, -0.05) is 18.7 Å². The van der Waals surface area contributed by atoms with Gasteiger partial charge in [0.15, 0.2) is 0 Å². The van der Waals surface area contributed by atoms with Crippen LogP contribution in [0.3, 0.4) is 0 Å². The van der Waals surface area contributed by atoms with Crippen molar-refractivity contribution in [1.82, 2.24) is 14.9 Å². The van der Waals surface area contributed by atoms with Gasteiger partial charge in [-0.05, 0) is 60.9 Å². The second-order valence-electron chi connectivity index (χ2n) is 8.68. The Morgan fingerprint density at radius 2 is 1.67 bits per heavy atom. The number of nitrogens with two attached hydrogens (primary N) is 2. The average Bonchev–Trinajstić information content (AvgIpc) is 2.76. The number of nitrogens with zero attached hydrogens (tertiary/aromatic N) is 3. The topological polar surface area (TPSA) is 117 Å². The number of benzene rings is 2. The van der Waals surface area contributed by atoms with Gasteiger partial charge in [0.1, 0.15) is 29.7 Å². The molecule has 1 aliphatic heterocycles. The van der Waals surface area contributed by atoms with E-state index < -0.39 is 0 Å². The molecular weight excluding hydrogens is 418 g/mol. The molecule has 3 aromatic rings. The molecule has 1 aliphatic carbocycles. The number of hydrogen-bond acceptors (Lipinski definition) is 7. The van der Waals surface area contributed by atoms with Crippen LogP contribution in [-0.2, 0) is 4.79 Å². The van der Waals surface area contributed by atoms with Gasteiger partial charge in [-0.2, -0.15) is 0 Å². The highest BCUT2D eigenvalue weighted by Gasteiger charge is 2.54. The number of hydrogen-bond donors (Lipinski definition) is 2. The molecule has 1 spiro atoms. The Hall–Kier alpha value is -4.07. The Morgan fingerprint density at radius 3 is 2.30 bits per heavy atom. The van der Waals surface area contributed by atoms with E-state index in [1.54, 1.807) is 12.1 Å². The third-order valence-corrected chi connectivity index (χ3v) is 6.24. The van der Waals surface area contributed by atoms with Crippen molar-refractivity contribution in [3.63, 3.8) is 0 Å². The number of anilines is 2. The highest BCUT2D eigenvalue weighted by atomic mass is 16.5. The predicted molar refractivity (Wildman–Crippen MR) is 126 cm³/mol. The normalized spacial score (nSPS) is 16.5. The lowest BCUT2D eigenvalue weighted by Crippen LogP contribution is -2.65. The van der Waals surface area contributed by atoms with Gasteiger partial charge in [-0.15, -0.1) is 0 Å². The van der Waals surface area contributed by atoms with Gasteiger partial charge in [0, 0.05) is 24.2 Å². The maximum Gasteiger partial charge on any atom is 0.245 e. The summed E-state index contributed by atoms with van der Waals surface area (Å²) in [7, 11) is 0. The van der Waals surface area contributed by atoms with Crippen molar-refractivity contribution in [3.8, 4) is 28.5 Å². The molecule has 4 N–H and O–H groups in total. The number of ether oxygens (including phenoxy) is 2. The molecule has 0 atom stereocenters. The fraction of sp³-hybridized carbons (Fsp3) is 0.240. The van der Waals surface area contributed by atoms with Crippen molar-refractivity contribution >= 4 is 17.4 Å². The second-order valence-corrected chi connectivity index (χ2v) is 8.68. The molecule has 2 heterocycles. The first-order chi connectivity index (χ1) is 15.9. The van der Waals surface area contributed by atoms with Crippen LogP contribution >= 0.6 is 0 Å². The van der Waals surface area contributed by atoms with E-state index >= 15 is 0 Å². The second kappa shape index (κ2) is 8.12. The number of amides is 1. The lowest BCUT2D eigenvalue weighted by atomic mass is 9.61. The van der Waals surface area contributed by atoms with Crippen LogP contribution in [0.15, 0.2) is 67.5 Å². The predicted octanol–water partition coefficient (Wildman–Crippen LogP) is 3.66. The van der Waals surface area contributed by atoms with Crippen molar-refractivity contribution in [2.24, 2.45) is 5.41 Å². The van der Waals surface area contributed by atoms with Crippen molar-refractivity contribution in [2.75, 3.05) is 24.6 Å². The Bertz CT molecular complexity index is 1180. The van der Waals surface area contributed by atoms with Crippen LogP contribution in [0.1, 0.15) is 12.8 Å². The first kappa shape index (κ1) is 20.8. The van der Waals surface area contributed by atoms with Crippen LogP contribution in [0, 0.1) is 5.41 Å². The van der Waals surface area contributed by atoms with Gasteiger partial charge in [-0.25, -0.2) is 9.97 Å². The van der Waals surface area contributed by atoms with Gasteiger partial charge in [0.2, 0.25) is 11.8 Å². The Balaban J connectivity index is 1.27. The van der Waals surface area contributed by atoms with Gasteiger partial charge in [0.25, 0.3) is 0 Å². The molecule has 1 saturated heterocycles. The van der Waals surface area contributed by atoms with E-state index in [4.69, 9.17) is 20.9 Å². The van der Waals surface area contributed by atoms with E-state index in [-0.39, 0.29) is 17.4 Å². The van der Waals surface area contributed by atoms with Gasteiger partial charge in [0.05, 0.1) is 5.56 Å². The molecule has 33 heavy (non-hydrogen) atoms. The fourth-order valence-electron chi connectivity index (χ4n) is 4.56. The van der Waals surface area contributed by atoms with E-state index in [9.17, 15) is 4.79 Å². The summed E-state index contributed by atoms with van der Waals surface area (Å²) in [5.41, 5.74) is 14.3. The minimum absolute atomic E-state index is 0.0142. The molecule has 8 heteroatoms. The zero-order chi connectivity index (χ0) is 23.0. The molecule has 2 aromatic carbocycles. The molecule has 0 unspecified atom stereocenters. The Kier molecular flexibility index (Phi) is 5.12. The van der Waals surface area contributed by atoms with Gasteiger partial charge in [-0.3, -0.25) is 4.79 Å². The molecule has 2 aliphatic rings. The van der Waals surface area contributed by atoms with E-state index in [0.29, 0.717) is 34.4 Å². The first-order valence-electron chi connectivity index (χ1n) is 10.8. The molecule has 1 saturated carbocycles. The van der Waals surface area contributed by atoms with Crippen LogP contribution < -0.4 is 20.9 Å². The van der Waals surface area contributed by atoms with Gasteiger partial charge >= 0.3 is 0 Å². The summed E-state index contributed by atoms with van der Waals surface area (Å²) in [6.45, 7) is 5.06. The largest absolute Gasteiger partial charge is 0.474 e. The molecule has 168 valence electrons. The van der Waals surface area contributed by atoms with Crippen LogP contribution in [0.4, 0.5) is 11.5 Å². The van der Waals surface area contributed by atoms with Crippen LogP contribution in [0.25, 0.3) is 11.1 Å². The monoisotopic (exact) mass is 443 g/mol. The maximum absolute atomic E-state index is 11.7. The maximum atomic E-state index is 11.7. The first-order valence-corrected chi connectivity index (χ1v) is 10.8. The standard InChI is InChI=1S/C25H25N5O3/c1-2-21(31)30-13-25(14-30)11-20(12-25)33-24-22(23(27)28-15-29-24)16-3-7-18(8-4-16)32-19-9-5-17(26)6-10-19/h2-10,15,20H,1,11-14,26H2,(H2,27,28,29). The van der Waals surface area contributed by atoms with Crippen molar-refractivity contribution < 1.29 is 14.3 Å². The Morgan fingerprint density at radius 1 is 1.03 bits per heavy atom. The smallest absolute Gasteiger partial charge is 0.245 e. The highest BCUT2D eigenvalue weighted by molar-refractivity contribution is 5.87. The molecule has 0 bridgehead atoms. The number of aromatic nitrogens is 2. The molecule has 1 aromatic heterocycles. The molecular formula is C25H25N5O3. The van der Waals surface area contributed by atoms with Crippen LogP contribution in [0.5, 0.6) is 17.4 Å². The number of likely N-dealkylation sites (tertiary alicyclic amines) is 1. The summed E-state index contributed by atoms with van der Waals surface area (Å²) in [5.74, 6) is 2.19. The summed E-state index contributed by atoms with van der Waals surface area (Å²) in [4.78, 5) is 22.0.